The highest BCUT2D eigenvalue weighted by atomic mass is 32.2. The second kappa shape index (κ2) is 10.3. The maximum atomic E-state index is 13.7. The second-order valence-electron chi connectivity index (χ2n) is 10.8. The van der Waals surface area contributed by atoms with E-state index in [1.165, 1.54) is 0 Å². The molecule has 2 fully saturated rings. The molecule has 0 aliphatic carbocycles. The molecule has 0 unspecified atom stereocenters. The van der Waals surface area contributed by atoms with Crippen molar-refractivity contribution in [2.24, 2.45) is 0 Å². The third-order valence-corrected chi connectivity index (χ3v) is 9.82. The average molecular weight is 529 g/mol. The maximum absolute atomic E-state index is 13.7. The fourth-order valence-electron chi connectivity index (χ4n) is 5.62. The molecular formula is C27H36N4O5S. The van der Waals surface area contributed by atoms with Crippen molar-refractivity contribution in [3.05, 3.63) is 53.9 Å². The van der Waals surface area contributed by atoms with Crippen molar-refractivity contribution in [1.82, 2.24) is 19.5 Å². The number of aliphatic hydroxyl groups excluding tert-OH is 1. The number of fused-ring (bicyclic) bond motifs is 2. The van der Waals surface area contributed by atoms with Gasteiger partial charge >= 0.3 is 0 Å². The average Bonchev–Trinajstić information content (AvgIpc) is 3.28. The molecule has 2 aromatic rings. The Bertz CT molecular complexity index is 1230. The number of carbonyl (C=O) groups is 1. The molecule has 1 amide bonds. The summed E-state index contributed by atoms with van der Waals surface area (Å²) >= 11 is 0. The SMILES string of the molecule is CC(C)c1ccc2c(c1)OCCC1(CCN(Cc3ccccn3)CC1)NC(=O)[C@@H]1C[C@@H](O)CN1S2(=O)=O. The monoisotopic (exact) mass is 528 g/mol. The zero-order valence-corrected chi connectivity index (χ0v) is 22.3. The number of likely N-dealkylation sites (tertiary alicyclic amines) is 1. The number of nitrogens with zero attached hydrogens (tertiary/aromatic N) is 3. The van der Waals surface area contributed by atoms with E-state index in [1.54, 1.807) is 24.4 Å². The molecule has 0 bridgehead atoms. The Morgan fingerprint density at radius 2 is 1.97 bits per heavy atom. The number of nitrogens with one attached hydrogen (secondary N) is 1. The summed E-state index contributed by atoms with van der Waals surface area (Å²) in [7, 11) is -4.06. The van der Waals surface area contributed by atoms with Gasteiger partial charge in [-0.3, -0.25) is 14.7 Å². The molecule has 2 N–H and O–H groups in total. The third-order valence-electron chi connectivity index (χ3n) is 7.91. The number of amides is 1. The molecule has 200 valence electrons. The van der Waals surface area contributed by atoms with Crippen LogP contribution in [0.3, 0.4) is 0 Å². The molecule has 2 atom stereocenters. The number of aromatic nitrogens is 1. The summed E-state index contributed by atoms with van der Waals surface area (Å²) in [6, 6.07) is 10.1. The molecule has 10 heteroatoms. The van der Waals surface area contributed by atoms with Crippen LogP contribution in [0.2, 0.25) is 0 Å². The highest BCUT2D eigenvalue weighted by Crippen LogP contribution is 2.36. The first kappa shape index (κ1) is 26.1. The molecular weight excluding hydrogens is 492 g/mol. The first-order valence-corrected chi connectivity index (χ1v) is 14.5. The minimum atomic E-state index is -4.06. The molecule has 5 rings (SSSR count). The molecule has 0 radical (unpaired) electrons. The number of hydrogen-bond acceptors (Lipinski definition) is 7. The number of aliphatic hydroxyl groups is 1. The van der Waals surface area contributed by atoms with E-state index in [0.717, 1.165) is 48.0 Å². The highest BCUT2D eigenvalue weighted by Gasteiger charge is 2.47. The molecule has 2 saturated heterocycles. The molecule has 3 aliphatic rings. The van der Waals surface area contributed by atoms with Crippen LogP contribution < -0.4 is 10.1 Å². The molecule has 3 aliphatic heterocycles. The van der Waals surface area contributed by atoms with E-state index >= 15 is 0 Å². The summed E-state index contributed by atoms with van der Waals surface area (Å²) in [5.74, 6) is 0.165. The van der Waals surface area contributed by atoms with Crippen molar-refractivity contribution in [3.63, 3.8) is 0 Å². The Morgan fingerprint density at radius 1 is 1.19 bits per heavy atom. The number of hydrogen-bond donors (Lipinski definition) is 2. The van der Waals surface area contributed by atoms with Crippen LogP contribution in [-0.2, 0) is 21.4 Å². The summed E-state index contributed by atoms with van der Waals surface area (Å²) in [5, 5.41) is 13.6. The third kappa shape index (κ3) is 5.38. The predicted molar refractivity (Wildman–Crippen MR) is 139 cm³/mol. The summed E-state index contributed by atoms with van der Waals surface area (Å²) in [6.07, 6.45) is 2.97. The Labute approximate surface area is 218 Å². The zero-order valence-electron chi connectivity index (χ0n) is 21.5. The molecule has 0 saturated carbocycles. The van der Waals surface area contributed by atoms with E-state index < -0.39 is 27.7 Å². The number of sulfonamides is 1. The van der Waals surface area contributed by atoms with Crippen LogP contribution >= 0.6 is 0 Å². The van der Waals surface area contributed by atoms with Gasteiger partial charge in [-0.1, -0.05) is 26.0 Å². The van der Waals surface area contributed by atoms with E-state index in [9.17, 15) is 18.3 Å². The molecule has 37 heavy (non-hydrogen) atoms. The smallest absolute Gasteiger partial charge is 0.247 e. The minimum Gasteiger partial charge on any atom is -0.492 e. The lowest BCUT2D eigenvalue weighted by molar-refractivity contribution is -0.127. The van der Waals surface area contributed by atoms with Crippen molar-refractivity contribution in [3.8, 4) is 5.75 Å². The van der Waals surface area contributed by atoms with E-state index in [2.05, 4.69) is 15.2 Å². The van der Waals surface area contributed by atoms with Crippen LogP contribution in [0.1, 0.15) is 56.7 Å². The van der Waals surface area contributed by atoms with Crippen LogP contribution in [-0.4, -0.2) is 77.5 Å². The van der Waals surface area contributed by atoms with Crippen molar-refractivity contribution >= 4 is 15.9 Å². The topological polar surface area (TPSA) is 112 Å². The van der Waals surface area contributed by atoms with E-state index in [0.29, 0.717) is 12.2 Å². The van der Waals surface area contributed by atoms with Crippen LogP contribution in [0.5, 0.6) is 5.75 Å². The fourth-order valence-corrected chi connectivity index (χ4v) is 7.37. The standard InChI is InChI=1S/C27H36N4O5S/c1-19(2)20-6-7-25-24(15-20)36-14-10-27(8-12-30(13-9-27)17-21-5-3-4-11-28-21)29-26(33)23-16-22(32)18-31(23)37(25,34)35/h3-7,11,15,19,22-23,32H,8-10,12-14,16-18H2,1-2H3,(H,29,33)/t22-,23+/m1/s1. The Balaban J connectivity index is 1.43. The maximum Gasteiger partial charge on any atom is 0.247 e. The fraction of sp³-hybridized carbons (Fsp3) is 0.556. The van der Waals surface area contributed by atoms with Crippen molar-refractivity contribution in [1.29, 1.82) is 0 Å². The van der Waals surface area contributed by atoms with E-state index in [4.69, 9.17) is 4.74 Å². The summed E-state index contributed by atoms with van der Waals surface area (Å²) in [6.45, 7) is 6.57. The van der Waals surface area contributed by atoms with Gasteiger partial charge in [0.25, 0.3) is 0 Å². The lowest BCUT2D eigenvalue weighted by Crippen LogP contribution is -2.59. The first-order valence-electron chi connectivity index (χ1n) is 13.1. The van der Waals surface area contributed by atoms with Gasteiger partial charge in [-0.05, 0) is 48.6 Å². The second-order valence-corrected chi connectivity index (χ2v) is 12.7. The first-order chi connectivity index (χ1) is 17.7. The van der Waals surface area contributed by atoms with Crippen LogP contribution in [0.4, 0.5) is 0 Å². The van der Waals surface area contributed by atoms with Crippen LogP contribution in [0.25, 0.3) is 0 Å². The molecule has 4 heterocycles. The Hall–Kier alpha value is -2.53. The number of carbonyl (C=O) groups excluding carboxylic acids is 1. The van der Waals surface area contributed by atoms with Gasteiger partial charge in [0.05, 0.1) is 18.4 Å². The Kier molecular flexibility index (Phi) is 7.28. The zero-order chi connectivity index (χ0) is 26.2. The summed E-state index contributed by atoms with van der Waals surface area (Å²) in [4.78, 5) is 20.4. The lowest BCUT2D eigenvalue weighted by Gasteiger charge is -2.43. The van der Waals surface area contributed by atoms with Crippen LogP contribution in [0.15, 0.2) is 47.5 Å². The molecule has 1 aromatic heterocycles. The molecule has 9 nitrogen and oxygen atoms in total. The number of pyridine rings is 1. The lowest BCUT2D eigenvalue weighted by atomic mass is 9.84. The Morgan fingerprint density at radius 3 is 2.68 bits per heavy atom. The quantitative estimate of drug-likeness (QED) is 0.629. The summed E-state index contributed by atoms with van der Waals surface area (Å²) < 4.78 is 34.8. The molecule has 1 aromatic carbocycles. The van der Waals surface area contributed by atoms with Gasteiger partial charge < -0.3 is 15.2 Å². The van der Waals surface area contributed by atoms with Gasteiger partial charge in [0, 0.05) is 50.8 Å². The number of ether oxygens (including phenoxy) is 1. The summed E-state index contributed by atoms with van der Waals surface area (Å²) in [5.41, 5.74) is 1.47. The highest BCUT2D eigenvalue weighted by molar-refractivity contribution is 7.89. The van der Waals surface area contributed by atoms with Gasteiger partial charge in [0.2, 0.25) is 15.9 Å². The number of rotatable bonds is 3. The van der Waals surface area contributed by atoms with E-state index in [-0.39, 0.29) is 36.3 Å². The van der Waals surface area contributed by atoms with Gasteiger partial charge in [0.15, 0.2) is 0 Å². The normalized spacial score (nSPS) is 26.1. The van der Waals surface area contributed by atoms with Gasteiger partial charge in [-0.25, -0.2) is 8.42 Å². The van der Waals surface area contributed by atoms with Crippen LogP contribution in [0, 0.1) is 0 Å². The molecule has 1 spiro atoms. The number of piperidine rings is 1. The van der Waals surface area contributed by atoms with Gasteiger partial charge in [-0.15, -0.1) is 0 Å². The van der Waals surface area contributed by atoms with Crippen molar-refractivity contribution in [2.75, 3.05) is 26.2 Å². The van der Waals surface area contributed by atoms with Crippen molar-refractivity contribution < 1.29 is 23.1 Å². The van der Waals surface area contributed by atoms with E-state index in [1.807, 2.05) is 32.0 Å². The van der Waals surface area contributed by atoms with Gasteiger partial charge in [-0.2, -0.15) is 4.31 Å². The van der Waals surface area contributed by atoms with Crippen molar-refractivity contribution in [2.45, 2.75) is 74.6 Å². The van der Waals surface area contributed by atoms with Gasteiger partial charge in [0.1, 0.15) is 16.7 Å². The predicted octanol–water partition coefficient (Wildman–Crippen LogP) is 2.26. The largest absolute Gasteiger partial charge is 0.492 e. The minimum absolute atomic E-state index is 0.0462. The number of benzene rings is 1.